The molecular weight excluding hydrogens is 340 g/mol. The van der Waals surface area contributed by atoms with E-state index in [-0.39, 0.29) is 5.91 Å². The first-order valence-electron chi connectivity index (χ1n) is 8.74. The molecule has 0 heterocycles. The second kappa shape index (κ2) is 8.76. The molecule has 0 aliphatic heterocycles. The van der Waals surface area contributed by atoms with E-state index in [9.17, 15) is 4.79 Å². The molecule has 3 aromatic carbocycles. The maximum atomic E-state index is 12.4. The highest BCUT2D eigenvalue weighted by molar-refractivity contribution is 6.06. The van der Waals surface area contributed by atoms with Gasteiger partial charge in [-0.05, 0) is 67.6 Å². The molecule has 138 valence electrons. The van der Waals surface area contributed by atoms with Gasteiger partial charge >= 0.3 is 0 Å². The monoisotopic (exact) mass is 362 g/mol. The smallest absolute Gasteiger partial charge is 0.259 e. The van der Waals surface area contributed by atoms with Crippen LogP contribution < -0.4 is 20.1 Å². The molecule has 0 saturated carbocycles. The zero-order chi connectivity index (χ0) is 19.1. The Morgan fingerprint density at radius 2 is 1.44 bits per heavy atom. The molecule has 0 unspecified atom stereocenters. The van der Waals surface area contributed by atoms with Crippen molar-refractivity contribution in [2.24, 2.45) is 0 Å². The quantitative estimate of drug-likeness (QED) is 0.615. The molecule has 5 nitrogen and oxygen atoms in total. The van der Waals surface area contributed by atoms with Crippen LogP contribution in [0.15, 0.2) is 72.8 Å². The van der Waals surface area contributed by atoms with Crippen molar-refractivity contribution in [2.75, 3.05) is 24.4 Å². The summed E-state index contributed by atoms with van der Waals surface area (Å²) in [6.45, 7) is 2.61. The molecule has 3 rings (SSSR count). The van der Waals surface area contributed by atoms with Crippen molar-refractivity contribution in [3.63, 3.8) is 0 Å². The van der Waals surface area contributed by atoms with Crippen LogP contribution >= 0.6 is 0 Å². The summed E-state index contributed by atoms with van der Waals surface area (Å²) in [7, 11) is 1.55. The lowest BCUT2D eigenvalue weighted by Crippen LogP contribution is -2.13. The maximum Gasteiger partial charge on any atom is 0.259 e. The molecule has 0 aromatic heterocycles. The topological polar surface area (TPSA) is 59.6 Å². The van der Waals surface area contributed by atoms with Crippen molar-refractivity contribution < 1.29 is 14.3 Å². The van der Waals surface area contributed by atoms with Gasteiger partial charge in [0.05, 0.1) is 19.3 Å². The summed E-state index contributed by atoms with van der Waals surface area (Å²) in [5.74, 6) is 1.18. The molecule has 2 N–H and O–H groups in total. The molecule has 0 fully saturated rings. The molecule has 0 radical (unpaired) electrons. The number of ether oxygens (including phenoxy) is 2. The van der Waals surface area contributed by atoms with E-state index in [1.54, 1.807) is 25.3 Å². The number of hydrogen-bond acceptors (Lipinski definition) is 4. The molecule has 27 heavy (non-hydrogen) atoms. The van der Waals surface area contributed by atoms with Gasteiger partial charge in [-0.3, -0.25) is 4.79 Å². The molecule has 1 amide bonds. The number of benzene rings is 3. The van der Waals surface area contributed by atoms with E-state index in [4.69, 9.17) is 9.47 Å². The van der Waals surface area contributed by atoms with Crippen LogP contribution in [0.1, 0.15) is 17.3 Å². The van der Waals surface area contributed by atoms with Gasteiger partial charge in [-0.25, -0.2) is 0 Å². The van der Waals surface area contributed by atoms with Gasteiger partial charge in [0, 0.05) is 17.1 Å². The summed E-state index contributed by atoms with van der Waals surface area (Å²) in [6, 6.07) is 22.4. The first kappa shape index (κ1) is 18.3. The lowest BCUT2D eigenvalue weighted by molar-refractivity contribution is 0.102. The molecule has 0 aliphatic carbocycles. The van der Waals surface area contributed by atoms with Crippen molar-refractivity contribution in [3.8, 4) is 11.5 Å². The number of methoxy groups -OCH3 is 1. The summed E-state index contributed by atoms with van der Waals surface area (Å²) < 4.78 is 10.7. The second-order valence-corrected chi connectivity index (χ2v) is 5.81. The van der Waals surface area contributed by atoms with E-state index in [0.29, 0.717) is 23.6 Å². The summed E-state index contributed by atoms with van der Waals surface area (Å²) in [4.78, 5) is 12.4. The van der Waals surface area contributed by atoms with Gasteiger partial charge in [-0.2, -0.15) is 0 Å². The zero-order valence-corrected chi connectivity index (χ0v) is 15.4. The van der Waals surface area contributed by atoms with Gasteiger partial charge in [0.15, 0.2) is 0 Å². The number of carbonyl (C=O) groups is 1. The lowest BCUT2D eigenvalue weighted by Gasteiger charge is -2.11. The van der Waals surface area contributed by atoms with Crippen molar-refractivity contribution in [1.82, 2.24) is 0 Å². The molecule has 0 spiro atoms. The minimum atomic E-state index is -0.209. The van der Waals surface area contributed by atoms with Gasteiger partial charge in [0.2, 0.25) is 0 Å². The Bertz CT molecular complexity index is 890. The predicted octanol–water partition coefficient (Wildman–Crippen LogP) is 5.09. The standard InChI is InChI=1S/C22H22N2O3/c1-3-27-19-14-12-17(13-15-19)23-16-8-10-18(11-9-16)24-22(25)20-6-4-5-7-21(20)26-2/h4-15,23H,3H2,1-2H3,(H,24,25). The molecular formula is C22H22N2O3. The van der Waals surface area contributed by atoms with Gasteiger partial charge < -0.3 is 20.1 Å². The number of amides is 1. The zero-order valence-electron chi connectivity index (χ0n) is 15.4. The Hall–Kier alpha value is -3.47. The molecule has 3 aromatic rings. The lowest BCUT2D eigenvalue weighted by atomic mass is 10.2. The highest BCUT2D eigenvalue weighted by Crippen LogP contribution is 2.23. The fraction of sp³-hybridized carbons (Fsp3) is 0.136. The maximum absolute atomic E-state index is 12.4. The van der Waals surface area contributed by atoms with E-state index in [1.165, 1.54) is 0 Å². The van der Waals surface area contributed by atoms with E-state index in [0.717, 1.165) is 17.1 Å². The van der Waals surface area contributed by atoms with Crippen LogP contribution in [-0.2, 0) is 0 Å². The first-order chi connectivity index (χ1) is 13.2. The molecule has 0 aliphatic rings. The van der Waals surface area contributed by atoms with Crippen molar-refractivity contribution in [1.29, 1.82) is 0 Å². The van der Waals surface area contributed by atoms with Gasteiger partial charge in [0.25, 0.3) is 5.91 Å². The minimum Gasteiger partial charge on any atom is -0.496 e. The van der Waals surface area contributed by atoms with E-state index >= 15 is 0 Å². The number of rotatable bonds is 7. The van der Waals surface area contributed by atoms with Crippen molar-refractivity contribution in [2.45, 2.75) is 6.92 Å². The van der Waals surface area contributed by atoms with Crippen molar-refractivity contribution >= 4 is 23.0 Å². The minimum absolute atomic E-state index is 0.209. The Morgan fingerprint density at radius 3 is 2.07 bits per heavy atom. The SMILES string of the molecule is CCOc1ccc(Nc2ccc(NC(=O)c3ccccc3OC)cc2)cc1. The summed E-state index contributed by atoms with van der Waals surface area (Å²) >= 11 is 0. The van der Waals surface area contributed by atoms with Crippen LogP contribution in [-0.4, -0.2) is 19.6 Å². The highest BCUT2D eigenvalue weighted by atomic mass is 16.5. The van der Waals surface area contributed by atoms with Crippen LogP contribution in [0.3, 0.4) is 0 Å². The van der Waals surface area contributed by atoms with E-state index < -0.39 is 0 Å². The van der Waals surface area contributed by atoms with Gasteiger partial charge in [0.1, 0.15) is 11.5 Å². The fourth-order valence-electron chi connectivity index (χ4n) is 2.64. The van der Waals surface area contributed by atoms with Gasteiger partial charge in [-0.1, -0.05) is 12.1 Å². The normalized spacial score (nSPS) is 10.1. The van der Waals surface area contributed by atoms with Crippen LogP contribution in [0.5, 0.6) is 11.5 Å². The number of anilines is 3. The summed E-state index contributed by atoms with van der Waals surface area (Å²) in [6.07, 6.45) is 0. The Morgan fingerprint density at radius 1 is 0.852 bits per heavy atom. The van der Waals surface area contributed by atoms with E-state index in [1.807, 2.05) is 61.5 Å². The third-order valence-corrected chi connectivity index (χ3v) is 3.95. The number of hydrogen-bond donors (Lipinski definition) is 2. The molecule has 5 heteroatoms. The largest absolute Gasteiger partial charge is 0.496 e. The average Bonchev–Trinajstić information content (AvgIpc) is 2.71. The number of nitrogens with one attached hydrogen (secondary N) is 2. The fourth-order valence-corrected chi connectivity index (χ4v) is 2.64. The van der Waals surface area contributed by atoms with E-state index in [2.05, 4.69) is 10.6 Å². The molecule has 0 bridgehead atoms. The van der Waals surface area contributed by atoms with Crippen LogP contribution in [0.2, 0.25) is 0 Å². The molecule has 0 atom stereocenters. The Kier molecular flexibility index (Phi) is 5.94. The molecule has 0 saturated heterocycles. The summed E-state index contributed by atoms with van der Waals surface area (Å²) in [5, 5.41) is 6.20. The predicted molar refractivity (Wildman–Crippen MR) is 108 cm³/mol. The first-order valence-corrected chi connectivity index (χ1v) is 8.74. The highest BCUT2D eigenvalue weighted by Gasteiger charge is 2.11. The van der Waals surface area contributed by atoms with Crippen LogP contribution in [0.25, 0.3) is 0 Å². The number of para-hydroxylation sites is 1. The third kappa shape index (κ3) is 4.79. The Balaban J connectivity index is 1.64. The van der Waals surface area contributed by atoms with Gasteiger partial charge in [-0.15, -0.1) is 0 Å². The second-order valence-electron chi connectivity index (χ2n) is 5.81. The average molecular weight is 362 g/mol. The third-order valence-electron chi connectivity index (χ3n) is 3.95. The van der Waals surface area contributed by atoms with Crippen LogP contribution in [0, 0.1) is 0 Å². The number of carbonyl (C=O) groups excluding carboxylic acids is 1. The Labute approximate surface area is 158 Å². The van der Waals surface area contributed by atoms with Crippen LogP contribution in [0.4, 0.5) is 17.1 Å². The van der Waals surface area contributed by atoms with Crippen molar-refractivity contribution in [3.05, 3.63) is 78.4 Å². The summed E-state index contributed by atoms with van der Waals surface area (Å²) in [5.41, 5.74) is 3.10.